The van der Waals surface area contributed by atoms with E-state index < -0.39 is 17.4 Å². The maximum Gasteiger partial charge on any atom is 0.127 e. The zero-order valence-electron chi connectivity index (χ0n) is 13.1. The number of rotatable bonds is 8. The maximum absolute atomic E-state index is 10.9. The highest BCUT2D eigenvalue weighted by molar-refractivity contribution is 7.80. The second-order valence-electron chi connectivity index (χ2n) is 5.52. The van der Waals surface area contributed by atoms with Crippen LogP contribution < -0.4 is 14.8 Å². The molecule has 0 heterocycles. The second kappa shape index (κ2) is 8.26. The van der Waals surface area contributed by atoms with Crippen LogP contribution in [0.4, 0.5) is 5.69 Å². The molecule has 0 aromatic heterocycles. The lowest BCUT2D eigenvalue weighted by Gasteiger charge is -2.17. The minimum absolute atomic E-state index is 0.157. The average molecular weight is 337 g/mol. The third-order valence-electron chi connectivity index (χ3n) is 3.27. The van der Waals surface area contributed by atoms with Crippen LogP contribution in [0.5, 0.6) is 5.75 Å². The van der Waals surface area contributed by atoms with Crippen molar-refractivity contribution in [1.82, 2.24) is 5.32 Å². The summed E-state index contributed by atoms with van der Waals surface area (Å²) in [5.74, 6) is 0.603. The lowest BCUT2D eigenvalue weighted by atomic mass is 10.1. The van der Waals surface area contributed by atoms with Crippen molar-refractivity contribution >= 4 is 27.7 Å². The molecule has 7 heteroatoms. The van der Waals surface area contributed by atoms with E-state index in [0.29, 0.717) is 24.0 Å². The van der Waals surface area contributed by atoms with Gasteiger partial charge in [0.25, 0.3) is 0 Å². The van der Waals surface area contributed by atoms with Crippen molar-refractivity contribution in [3.05, 3.63) is 36.4 Å². The molecule has 0 aliphatic carbocycles. The van der Waals surface area contributed by atoms with E-state index in [1.807, 2.05) is 38.1 Å². The average Bonchev–Trinajstić information content (AvgIpc) is 2.51. The number of aliphatic hydroxyl groups excluding tert-OH is 1. The molecule has 2 aromatic rings. The van der Waals surface area contributed by atoms with Gasteiger partial charge in [-0.2, -0.15) is 0 Å². The molecule has 0 fully saturated rings. The van der Waals surface area contributed by atoms with Gasteiger partial charge in [0.05, 0.1) is 5.69 Å². The second-order valence-corrected chi connectivity index (χ2v) is 6.19. The van der Waals surface area contributed by atoms with E-state index in [0.717, 1.165) is 10.8 Å². The molecule has 126 valence electrons. The van der Waals surface area contributed by atoms with E-state index in [9.17, 15) is 13.9 Å². The van der Waals surface area contributed by atoms with E-state index in [4.69, 9.17) is 4.74 Å². The number of aliphatic hydroxyl groups is 1. The normalized spacial score (nSPS) is 14.0. The first-order valence-electron chi connectivity index (χ1n) is 7.39. The van der Waals surface area contributed by atoms with Crippen LogP contribution in [0.15, 0.2) is 36.4 Å². The molecule has 2 atom stereocenters. The first-order valence-corrected chi connectivity index (χ1v) is 8.46. The fourth-order valence-corrected chi connectivity index (χ4v) is 2.55. The van der Waals surface area contributed by atoms with Crippen molar-refractivity contribution in [2.75, 3.05) is 17.9 Å². The minimum atomic E-state index is -2.39. The summed E-state index contributed by atoms with van der Waals surface area (Å²) in [7, 11) is 0. The summed E-state index contributed by atoms with van der Waals surface area (Å²) in [4.78, 5) is 0. The Morgan fingerprint density at radius 2 is 1.91 bits per heavy atom. The molecular formula is C16H21N2O4S-. The Balaban J connectivity index is 2.14. The first kappa shape index (κ1) is 17.7. The van der Waals surface area contributed by atoms with Crippen LogP contribution >= 0.6 is 0 Å². The summed E-state index contributed by atoms with van der Waals surface area (Å²) < 4.78 is 29.8. The molecule has 1 unspecified atom stereocenters. The van der Waals surface area contributed by atoms with Crippen molar-refractivity contribution in [2.24, 2.45) is 0 Å². The molecule has 0 spiro atoms. The standard InChI is InChI=1S/C16H22N2O4S/c1-11(2)17-9-12(19)10-22-16-8-7-15(18-23(20)21)13-5-3-4-6-14(13)16/h3-8,11-12,17-19H,9-10H2,1-2H3,(H,20,21)/p-1/t12-/m1/s1. The number of ether oxygens (including phenoxy) is 1. The third-order valence-corrected chi connectivity index (χ3v) is 3.66. The van der Waals surface area contributed by atoms with Gasteiger partial charge in [0.2, 0.25) is 0 Å². The van der Waals surface area contributed by atoms with E-state index in [-0.39, 0.29) is 6.61 Å². The van der Waals surface area contributed by atoms with Crippen LogP contribution in [0.1, 0.15) is 13.8 Å². The van der Waals surface area contributed by atoms with Crippen LogP contribution in [-0.4, -0.2) is 39.2 Å². The molecule has 6 nitrogen and oxygen atoms in total. The smallest absolute Gasteiger partial charge is 0.127 e. The lowest BCUT2D eigenvalue weighted by molar-refractivity contribution is 0.105. The van der Waals surface area contributed by atoms with E-state index in [1.54, 1.807) is 12.1 Å². The third kappa shape index (κ3) is 5.18. The van der Waals surface area contributed by atoms with E-state index in [2.05, 4.69) is 10.0 Å². The van der Waals surface area contributed by atoms with Crippen LogP contribution in [0.25, 0.3) is 10.8 Å². The zero-order valence-corrected chi connectivity index (χ0v) is 13.9. The van der Waals surface area contributed by atoms with Gasteiger partial charge in [-0.1, -0.05) is 38.1 Å². The highest BCUT2D eigenvalue weighted by Crippen LogP contribution is 2.31. The molecule has 0 saturated carbocycles. The molecule has 0 amide bonds. The molecule has 0 saturated heterocycles. The highest BCUT2D eigenvalue weighted by atomic mass is 32.2. The molecule has 0 radical (unpaired) electrons. The number of nitrogens with one attached hydrogen (secondary N) is 2. The van der Waals surface area contributed by atoms with Gasteiger partial charge in [-0.3, -0.25) is 4.21 Å². The Kier molecular flexibility index (Phi) is 6.35. The Morgan fingerprint density at radius 1 is 1.22 bits per heavy atom. The van der Waals surface area contributed by atoms with Crippen LogP contribution in [0.3, 0.4) is 0 Å². The largest absolute Gasteiger partial charge is 0.755 e. The molecule has 23 heavy (non-hydrogen) atoms. The zero-order chi connectivity index (χ0) is 16.8. The molecule has 2 aromatic carbocycles. The molecule has 0 bridgehead atoms. The quantitative estimate of drug-likeness (QED) is 0.639. The first-order chi connectivity index (χ1) is 11.0. The summed E-state index contributed by atoms with van der Waals surface area (Å²) in [5.41, 5.74) is 0.489. The van der Waals surface area contributed by atoms with Crippen molar-refractivity contribution in [3.8, 4) is 5.75 Å². The molecule has 0 aliphatic rings. The van der Waals surface area contributed by atoms with Crippen LogP contribution in [0.2, 0.25) is 0 Å². The van der Waals surface area contributed by atoms with Crippen molar-refractivity contribution in [3.63, 3.8) is 0 Å². The van der Waals surface area contributed by atoms with Crippen molar-refractivity contribution in [2.45, 2.75) is 26.0 Å². The van der Waals surface area contributed by atoms with Crippen molar-refractivity contribution in [1.29, 1.82) is 0 Å². The van der Waals surface area contributed by atoms with Gasteiger partial charge in [-0.05, 0) is 12.1 Å². The predicted molar refractivity (Wildman–Crippen MR) is 91.1 cm³/mol. The summed E-state index contributed by atoms with van der Waals surface area (Å²) in [6.07, 6.45) is -0.622. The van der Waals surface area contributed by atoms with E-state index in [1.165, 1.54) is 0 Å². The summed E-state index contributed by atoms with van der Waals surface area (Å²) in [5, 5.41) is 14.6. The monoisotopic (exact) mass is 337 g/mol. The minimum Gasteiger partial charge on any atom is -0.755 e. The van der Waals surface area contributed by atoms with Crippen LogP contribution in [0, 0.1) is 0 Å². The summed E-state index contributed by atoms with van der Waals surface area (Å²) >= 11 is -2.39. The molecular weight excluding hydrogens is 316 g/mol. The number of hydrogen-bond donors (Lipinski definition) is 3. The number of hydrogen-bond acceptors (Lipinski definition) is 5. The van der Waals surface area contributed by atoms with Crippen molar-refractivity contribution < 1.29 is 18.6 Å². The Labute approximate surface area is 138 Å². The summed E-state index contributed by atoms with van der Waals surface area (Å²) in [6, 6.07) is 11.0. The van der Waals surface area contributed by atoms with Gasteiger partial charge >= 0.3 is 0 Å². The fraction of sp³-hybridized carbons (Fsp3) is 0.375. The Bertz CT molecular complexity index is 678. The van der Waals surface area contributed by atoms with Gasteiger partial charge in [0.15, 0.2) is 0 Å². The highest BCUT2D eigenvalue weighted by Gasteiger charge is 2.10. The number of benzene rings is 2. The molecule has 2 rings (SSSR count). The van der Waals surface area contributed by atoms with Crippen LogP contribution in [-0.2, 0) is 11.3 Å². The van der Waals surface area contributed by atoms with Gasteiger partial charge in [-0.15, -0.1) is 0 Å². The van der Waals surface area contributed by atoms with Gasteiger partial charge in [0.1, 0.15) is 18.5 Å². The Morgan fingerprint density at radius 3 is 2.57 bits per heavy atom. The van der Waals surface area contributed by atoms with Gasteiger partial charge in [0, 0.05) is 34.6 Å². The lowest BCUT2D eigenvalue weighted by Crippen LogP contribution is -2.35. The topological polar surface area (TPSA) is 93.7 Å². The van der Waals surface area contributed by atoms with Gasteiger partial charge in [-0.25, -0.2) is 0 Å². The number of fused-ring (bicyclic) bond motifs is 1. The van der Waals surface area contributed by atoms with E-state index >= 15 is 0 Å². The Hall–Kier alpha value is -1.67. The van der Waals surface area contributed by atoms with Gasteiger partial charge < -0.3 is 24.4 Å². The molecule has 0 aliphatic heterocycles. The SMILES string of the molecule is CC(C)NC[C@@H](O)COc1ccc(NS(=O)[O-])c2ccccc12. The molecule has 3 N–H and O–H groups in total. The maximum atomic E-state index is 10.9. The summed E-state index contributed by atoms with van der Waals surface area (Å²) in [6.45, 7) is 4.62. The fourth-order valence-electron chi connectivity index (χ4n) is 2.19. The predicted octanol–water partition coefficient (Wildman–Crippen LogP) is 1.78. The number of anilines is 1.